The molecule has 3 N–H and O–H groups in total. The summed E-state index contributed by atoms with van der Waals surface area (Å²) in [5, 5.41) is 9.50. The van der Waals surface area contributed by atoms with E-state index in [9.17, 15) is 9.18 Å². The monoisotopic (exact) mass is 412 g/mol. The molecule has 0 bridgehead atoms. The van der Waals surface area contributed by atoms with Crippen molar-refractivity contribution in [3.8, 4) is 0 Å². The van der Waals surface area contributed by atoms with Crippen LogP contribution in [0.5, 0.6) is 0 Å². The number of halogens is 1. The largest absolute Gasteiger partial charge is 0.357 e. The zero-order valence-electron chi connectivity index (χ0n) is 17.3. The van der Waals surface area contributed by atoms with E-state index in [1.807, 2.05) is 42.2 Å². The number of nitrogens with zero attached hydrogens (tertiary/aromatic N) is 3. The lowest BCUT2D eigenvalue weighted by atomic mass is 10.2. The molecule has 1 aromatic carbocycles. The van der Waals surface area contributed by atoms with Crippen LogP contribution in [0.25, 0.3) is 0 Å². The lowest BCUT2D eigenvalue weighted by molar-refractivity contribution is -0.121. The summed E-state index contributed by atoms with van der Waals surface area (Å²) in [6.45, 7) is 5.00. The number of nitrogens with one attached hydrogen (secondary N) is 3. The maximum Gasteiger partial charge on any atom is 0.222 e. The summed E-state index contributed by atoms with van der Waals surface area (Å²) >= 11 is 0. The molecule has 30 heavy (non-hydrogen) atoms. The van der Waals surface area contributed by atoms with Crippen LogP contribution in [-0.4, -0.2) is 49.1 Å². The minimum Gasteiger partial charge on any atom is -0.357 e. The van der Waals surface area contributed by atoms with Crippen LogP contribution in [0.2, 0.25) is 0 Å². The molecule has 7 nitrogen and oxygen atoms in total. The standard InChI is InChI=1S/C22H29FN6O/c1-2-24-22(26-13-10-20(30)27-15-17-7-4-3-5-8-17)28-18-11-14-29(16-18)21-19(23)9-6-12-25-21/h3-9,12,18H,2,10-11,13-16H2,1H3,(H,27,30)(H2,24,26,28). The first-order valence-electron chi connectivity index (χ1n) is 10.4. The number of hydrogen-bond donors (Lipinski definition) is 3. The van der Waals surface area contributed by atoms with Crippen LogP contribution in [0, 0.1) is 5.82 Å². The van der Waals surface area contributed by atoms with E-state index in [1.54, 1.807) is 12.3 Å². The van der Waals surface area contributed by atoms with Gasteiger partial charge in [0, 0.05) is 44.8 Å². The van der Waals surface area contributed by atoms with Crippen molar-refractivity contribution in [2.24, 2.45) is 4.99 Å². The van der Waals surface area contributed by atoms with Crippen LogP contribution in [0.1, 0.15) is 25.3 Å². The lowest BCUT2D eigenvalue weighted by Crippen LogP contribution is -2.44. The predicted octanol–water partition coefficient (Wildman–Crippen LogP) is 2.06. The Morgan fingerprint density at radius 1 is 1.23 bits per heavy atom. The van der Waals surface area contributed by atoms with E-state index >= 15 is 0 Å². The molecule has 1 saturated heterocycles. The van der Waals surface area contributed by atoms with Crippen molar-refractivity contribution < 1.29 is 9.18 Å². The second-order valence-corrected chi connectivity index (χ2v) is 7.16. The zero-order valence-corrected chi connectivity index (χ0v) is 17.3. The van der Waals surface area contributed by atoms with Gasteiger partial charge in [0.15, 0.2) is 17.6 Å². The van der Waals surface area contributed by atoms with E-state index in [0.717, 1.165) is 25.1 Å². The molecular weight excluding hydrogens is 383 g/mol. The number of carbonyl (C=O) groups is 1. The number of guanidine groups is 1. The van der Waals surface area contributed by atoms with Crippen molar-refractivity contribution in [3.63, 3.8) is 0 Å². The number of rotatable bonds is 8. The summed E-state index contributed by atoms with van der Waals surface area (Å²) in [4.78, 5) is 22.7. The quantitative estimate of drug-likeness (QED) is 0.457. The van der Waals surface area contributed by atoms with Crippen molar-refractivity contribution >= 4 is 17.7 Å². The Balaban J connectivity index is 1.45. The first-order chi connectivity index (χ1) is 14.7. The van der Waals surface area contributed by atoms with Gasteiger partial charge in [-0.15, -0.1) is 0 Å². The van der Waals surface area contributed by atoms with E-state index < -0.39 is 0 Å². The molecule has 1 aromatic heterocycles. The van der Waals surface area contributed by atoms with Crippen LogP contribution < -0.4 is 20.9 Å². The lowest BCUT2D eigenvalue weighted by Gasteiger charge is -2.19. The highest BCUT2D eigenvalue weighted by Gasteiger charge is 2.25. The summed E-state index contributed by atoms with van der Waals surface area (Å²) in [6, 6.07) is 13.0. The van der Waals surface area contributed by atoms with Gasteiger partial charge in [0.05, 0.1) is 6.54 Å². The minimum absolute atomic E-state index is 0.0314. The highest BCUT2D eigenvalue weighted by atomic mass is 19.1. The van der Waals surface area contributed by atoms with E-state index in [2.05, 4.69) is 25.9 Å². The average Bonchev–Trinajstić information content (AvgIpc) is 3.21. The van der Waals surface area contributed by atoms with Crippen molar-refractivity contribution in [1.82, 2.24) is 20.9 Å². The molecule has 0 saturated carbocycles. The van der Waals surface area contributed by atoms with Gasteiger partial charge in [-0.05, 0) is 31.0 Å². The normalized spacial score (nSPS) is 16.4. The molecule has 1 fully saturated rings. The van der Waals surface area contributed by atoms with Crippen molar-refractivity contribution in [3.05, 3.63) is 60.0 Å². The summed E-state index contributed by atoms with van der Waals surface area (Å²) < 4.78 is 14.0. The van der Waals surface area contributed by atoms with Crippen LogP contribution >= 0.6 is 0 Å². The number of benzene rings is 1. The van der Waals surface area contributed by atoms with Gasteiger partial charge in [0.1, 0.15) is 0 Å². The molecule has 2 aromatic rings. The number of hydrogen-bond acceptors (Lipinski definition) is 4. The molecule has 1 unspecified atom stereocenters. The second kappa shape index (κ2) is 11.1. The number of aliphatic imine (C=N–C) groups is 1. The van der Waals surface area contributed by atoms with E-state index in [-0.39, 0.29) is 17.8 Å². The van der Waals surface area contributed by atoms with E-state index in [1.165, 1.54) is 6.07 Å². The summed E-state index contributed by atoms with van der Waals surface area (Å²) in [7, 11) is 0. The molecule has 3 rings (SSSR count). The fraction of sp³-hybridized carbons (Fsp3) is 0.409. The van der Waals surface area contributed by atoms with Crippen LogP contribution in [-0.2, 0) is 11.3 Å². The van der Waals surface area contributed by atoms with Gasteiger partial charge in [-0.2, -0.15) is 0 Å². The average molecular weight is 413 g/mol. The zero-order chi connectivity index (χ0) is 21.2. The van der Waals surface area contributed by atoms with Crippen LogP contribution in [0.15, 0.2) is 53.7 Å². The summed E-state index contributed by atoms with van der Waals surface area (Å²) in [5.41, 5.74) is 1.07. The number of aromatic nitrogens is 1. The molecule has 1 aliphatic rings. The Hall–Kier alpha value is -3.16. The summed E-state index contributed by atoms with van der Waals surface area (Å²) in [5.74, 6) is 0.719. The molecule has 160 valence electrons. The van der Waals surface area contributed by atoms with Gasteiger partial charge in [-0.3, -0.25) is 9.79 Å². The number of pyridine rings is 1. The fourth-order valence-corrected chi connectivity index (χ4v) is 3.35. The van der Waals surface area contributed by atoms with Crippen molar-refractivity contribution in [2.45, 2.75) is 32.4 Å². The van der Waals surface area contributed by atoms with Gasteiger partial charge in [0.25, 0.3) is 0 Å². The minimum atomic E-state index is -0.305. The summed E-state index contributed by atoms with van der Waals surface area (Å²) in [6.07, 6.45) is 2.78. The predicted molar refractivity (Wildman–Crippen MR) is 117 cm³/mol. The Labute approximate surface area is 176 Å². The number of carbonyl (C=O) groups excluding carboxylic acids is 1. The molecule has 1 aliphatic heterocycles. The molecular formula is C22H29FN6O. The first-order valence-corrected chi connectivity index (χ1v) is 10.4. The molecule has 0 aliphatic carbocycles. The fourth-order valence-electron chi connectivity index (χ4n) is 3.35. The van der Waals surface area contributed by atoms with Crippen molar-refractivity contribution in [1.29, 1.82) is 0 Å². The molecule has 0 spiro atoms. The molecule has 2 heterocycles. The van der Waals surface area contributed by atoms with Crippen LogP contribution in [0.3, 0.4) is 0 Å². The van der Waals surface area contributed by atoms with Gasteiger partial charge in [-0.1, -0.05) is 30.3 Å². The third-order valence-corrected chi connectivity index (χ3v) is 4.85. The maximum atomic E-state index is 14.0. The molecule has 0 radical (unpaired) electrons. The Morgan fingerprint density at radius 2 is 2.07 bits per heavy atom. The van der Waals surface area contributed by atoms with Gasteiger partial charge >= 0.3 is 0 Å². The molecule has 1 amide bonds. The first kappa shape index (κ1) is 21.5. The Morgan fingerprint density at radius 3 is 2.83 bits per heavy atom. The molecule has 8 heteroatoms. The smallest absolute Gasteiger partial charge is 0.222 e. The molecule has 1 atom stereocenters. The van der Waals surface area contributed by atoms with Crippen LogP contribution in [0.4, 0.5) is 10.2 Å². The maximum absolute atomic E-state index is 14.0. The van der Waals surface area contributed by atoms with E-state index in [4.69, 9.17) is 0 Å². The highest BCUT2D eigenvalue weighted by Crippen LogP contribution is 2.20. The number of anilines is 1. The Bertz CT molecular complexity index is 845. The third-order valence-electron chi connectivity index (χ3n) is 4.85. The topological polar surface area (TPSA) is 81.6 Å². The second-order valence-electron chi connectivity index (χ2n) is 7.16. The van der Waals surface area contributed by atoms with Gasteiger partial charge in [0.2, 0.25) is 5.91 Å². The Kier molecular flexibility index (Phi) is 8.00. The van der Waals surface area contributed by atoms with E-state index in [0.29, 0.717) is 37.8 Å². The highest BCUT2D eigenvalue weighted by molar-refractivity contribution is 5.81. The van der Waals surface area contributed by atoms with Gasteiger partial charge in [-0.25, -0.2) is 9.37 Å². The SMILES string of the molecule is CCNC(=NCCC(=O)NCc1ccccc1)NC1CCN(c2ncccc2F)C1. The van der Waals surface area contributed by atoms with Gasteiger partial charge < -0.3 is 20.9 Å². The van der Waals surface area contributed by atoms with Crippen molar-refractivity contribution in [2.75, 3.05) is 31.1 Å². The third kappa shape index (κ3) is 6.43. The number of amides is 1.